The van der Waals surface area contributed by atoms with Crippen molar-refractivity contribution in [1.82, 2.24) is 4.98 Å². The molecule has 15 heavy (non-hydrogen) atoms. The average molecular weight is 216 g/mol. The van der Waals surface area contributed by atoms with E-state index in [0.717, 1.165) is 24.5 Å². The molecule has 1 aromatic heterocycles. The van der Waals surface area contributed by atoms with Gasteiger partial charge >= 0.3 is 6.18 Å². The molecule has 0 atom stereocenters. The van der Waals surface area contributed by atoms with Crippen LogP contribution in [0.15, 0.2) is 18.3 Å². The third kappa shape index (κ3) is 2.47. The van der Waals surface area contributed by atoms with E-state index in [9.17, 15) is 13.2 Å². The molecule has 0 radical (unpaired) electrons. The Morgan fingerprint density at radius 3 is 2.40 bits per heavy atom. The van der Waals surface area contributed by atoms with Gasteiger partial charge in [-0.2, -0.15) is 13.2 Å². The van der Waals surface area contributed by atoms with Crippen molar-refractivity contribution < 1.29 is 13.2 Å². The standard InChI is InChI=1S/C10H11F3N2/c11-10(12,13)8-2-1-7(6-15-8)5-9(14)3-4-9/h1-2,6H,3-5,14H2. The van der Waals surface area contributed by atoms with E-state index in [0.29, 0.717) is 6.42 Å². The monoisotopic (exact) mass is 216 g/mol. The molecule has 5 heteroatoms. The molecule has 0 unspecified atom stereocenters. The van der Waals surface area contributed by atoms with Crippen LogP contribution in [0.4, 0.5) is 13.2 Å². The lowest BCUT2D eigenvalue weighted by Crippen LogP contribution is -2.24. The van der Waals surface area contributed by atoms with Gasteiger partial charge in [-0.3, -0.25) is 4.98 Å². The molecule has 1 heterocycles. The van der Waals surface area contributed by atoms with Crippen LogP contribution in [0.25, 0.3) is 0 Å². The van der Waals surface area contributed by atoms with E-state index in [1.165, 1.54) is 12.3 Å². The number of rotatable bonds is 2. The summed E-state index contributed by atoms with van der Waals surface area (Å²) in [4.78, 5) is 3.38. The van der Waals surface area contributed by atoms with Crippen molar-refractivity contribution in [1.29, 1.82) is 0 Å². The lowest BCUT2D eigenvalue weighted by molar-refractivity contribution is -0.141. The zero-order valence-electron chi connectivity index (χ0n) is 8.01. The van der Waals surface area contributed by atoms with Crippen molar-refractivity contribution in [3.63, 3.8) is 0 Å². The minimum Gasteiger partial charge on any atom is -0.325 e. The minimum atomic E-state index is -4.36. The molecule has 0 aliphatic heterocycles. The summed E-state index contributed by atoms with van der Waals surface area (Å²) in [6, 6.07) is 2.45. The van der Waals surface area contributed by atoms with Crippen molar-refractivity contribution in [2.75, 3.05) is 0 Å². The van der Waals surface area contributed by atoms with Crippen molar-refractivity contribution in [2.45, 2.75) is 31.0 Å². The van der Waals surface area contributed by atoms with E-state index < -0.39 is 11.9 Å². The third-order valence-corrected chi connectivity index (χ3v) is 2.56. The second kappa shape index (κ2) is 3.20. The first-order valence-electron chi connectivity index (χ1n) is 4.70. The molecule has 1 aromatic rings. The predicted molar refractivity (Wildman–Crippen MR) is 49.1 cm³/mol. The number of hydrogen-bond acceptors (Lipinski definition) is 2. The van der Waals surface area contributed by atoms with Gasteiger partial charge in [0.25, 0.3) is 0 Å². The highest BCUT2D eigenvalue weighted by Gasteiger charge is 2.38. The van der Waals surface area contributed by atoms with Crippen LogP contribution in [0.1, 0.15) is 24.1 Å². The number of nitrogens with zero attached hydrogens (tertiary/aromatic N) is 1. The van der Waals surface area contributed by atoms with Crippen LogP contribution in [-0.2, 0) is 12.6 Å². The third-order valence-electron chi connectivity index (χ3n) is 2.56. The first kappa shape index (κ1) is 10.4. The Balaban J connectivity index is 2.10. The van der Waals surface area contributed by atoms with Crippen LogP contribution in [0.5, 0.6) is 0 Å². The molecule has 2 rings (SSSR count). The van der Waals surface area contributed by atoms with E-state index in [4.69, 9.17) is 5.73 Å². The van der Waals surface area contributed by atoms with Crippen molar-refractivity contribution in [3.8, 4) is 0 Å². The molecule has 1 fully saturated rings. The lowest BCUT2D eigenvalue weighted by Gasteiger charge is -2.09. The Kier molecular flexibility index (Phi) is 2.22. The molecule has 82 valence electrons. The number of nitrogens with two attached hydrogens (primary N) is 1. The van der Waals surface area contributed by atoms with E-state index in [-0.39, 0.29) is 5.54 Å². The SMILES string of the molecule is NC1(Cc2ccc(C(F)(F)F)nc2)CC1. The summed E-state index contributed by atoms with van der Waals surface area (Å²) >= 11 is 0. The van der Waals surface area contributed by atoms with Crippen LogP contribution in [0, 0.1) is 0 Å². The molecule has 0 spiro atoms. The smallest absolute Gasteiger partial charge is 0.325 e. The van der Waals surface area contributed by atoms with Crippen LogP contribution in [-0.4, -0.2) is 10.5 Å². The van der Waals surface area contributed by atoms with Gasteiger partial charge in [-0.05, 0) is 30.9 Å². The van der Waals surface area contributed by atoms with Crippen LogP contribution >= 0.6 is 0 Å². The van der Waals surface area contributed by atoms with Crippen LogP contribution in [0.2, 0.25) is 0 Å². The topological polar surface area (TPSA) is 38.9 Å². The quantitative estimate of drug-likeness (QED) is 0.822. The van der Waals surface area contributed by atoms with Gasteiger partial charge in [-0.15, -0.1) is 0 Å². The van der Waals surface area contributed by atoms with Gasteiger partial charge in [0.2, 0.25) is 0 Å². The minimum absolute atomic E-state index is 0.193. The Labute approximate surface area is 85.3 Å². The normalized spacial score (nSPS) is 18.9. The van der Waals surface area contributed by atoms with Crippen LogP contribution < -0.4 is 5.73 Å². The maximum absolute atomic E-state index is 12.2. The summed E-state index contributed by atoms with van der Waals surface area (Å²) < 4.78 is 36.5. The van der Waals surface area contributed by atoms with Crippen LogP contribution in [0.3, 0.4) is 0 Å². The fourth-order valence-corrected chi connectivity index (χ4v) is 1.44. The van der Waals surface area contributed by atoms with E-state index in [2.05, 4.69) is 4.98 Å². The fourth-order valence-electron chi connectivity index (χ4n) is 1.44. The van der Waals surface area contributed by atoms with Gasteiger partial charge in [0.05, 0.1) is 0 Å². The maximum atomic E-state index is 12.2. The fraction of sp³-hybridized carbons (Fsp3) is 0.500. The Morgan fingerprint density at radius 2 is 2.00 bits per heavy atom. The first-order valence-corrected chi connectivity index (χ1v) is 4.70. The van der Waals surface area contributed by atoms with Crippen molar-refractivity contribution in [2.24, 2.45) is 5.73 Å². The zero-order valence-corrected chi connectivity index (χ0v) is 8.01. The molecule has 0 aromatic carbocycles. The number of pyridine rings is 1. The Hall–Kier alpha value is -1.10. The van der Waals surface area contributed by atoms with Gasteiger partial charge in [-0.25, -0.2) is 0 Å². The molecule has 2 nitrogen and oxygen atoms in total. The number of aromatic nitrogens is 1. The summed E-state index contributed by atoms with van der Waals surface area (Å²) in [5.41, 5.74) is 5.57. The number of alkyl halides is 3. The molecular weight excluding hydrogens is 205 g/mol. The summed E-state index contributed by atoms with van der Waals surface area (Å²) in [6.45, 7) is 0. The Morgan fingerprint density at radius 1 is 1.33 bits per heavy atom. The predicted octanol–water partition coefficient (Wildman–Crippen LogP) is 2.13. The van der Waals surface area contributed by atoms with Gasteiger partial charge in [0, 0.05) is 11.7 Å². The molecule has 1 aliphatic rings. The molecule has 1 saturated carbocycles. The van der Waals surface area contributed by atoms with Gasteiger partial charge in [0.15, 0.2) is 0 Å². The average Bonchev–Trinajstić information content (AvgIpc) is 2.82. The molecule has 0 amide bonds. The van der Waals surface area contributed by atoms with Gasteiger partial charge in [0.1, 0.15) is 5.69 Å². The highest BCUT2D eigenvalue weighted by atomic mass is 19.4. The van der Waals surface area contributed by atoms with E-state index >= 15 is 0 Å². The second-order valence-electron chi connectivity index (χ2n) is 4.09. The summed E-state index contributed by atoms with van der Waals surface area (Å²) in [7, 11) is 0. The summed E-state index contributed by atoms with van der Waals surface area (Å²) in [5, 5.41) is 0. The van der Waals surface area contributed by atoms with Crippen molar-refractivity contribution >= 4 is 0 Å². The summed E-state index contributed by atoms with van der Waals surface area (Å²) in [5.74, 6) is 0. The molecular formula is C10H11F3N2. The van der Waals surface area contributed by atoms with E-state index in [1.54, 1.807) is 0 Å². The Bertz CT molecular complexity index is 352. The second-order valence-corrected chi connectivity index (χ2v) is 4.09. The molecule has 2 N–H and O–H groups in total. The highest BCUT2D eigenvalue weighted by Crippen LogP contribution is 2.35. The lowest BCUT2D eigenvalue weighted by atomic mass is 10.1. The molecule has 0 bridgehead atoms. The first-order chi connectivity index (χ1) is 6.89. The van der Waals surface area contributed by atoms with Gasteiger partial charge in [-0.1, -0.05) is 6.07 Å². The molecule has 1 aliphatic carbocycles. The summed E-state index contributed by atoms with van der Waals surface area (Å²) in [6.07, 6.45) is -0.617. The molecule has 0 saturated heterocycles. The van der Waals surface area contributed by atoms with Crippen molar-refractivity contribution in [3.05, 3.63) is 29.6 Å². The zero-order chi connectivity index (χ0) is 11.1. The van der Waals surface area contributed by atoms with Gasteiger partial charge < -0.3 is 5.73 Å². The van der Waals surface area contributed by atoms with E-state index in [1.807, 2.05) is 0 Å². The highest BCUT2D eigenvalue weighted by molar-refractivity contribution is 5.20. The number of halogens is 3. The maximum Gasteiger partial charge on any atom is 0.433 e. The largest absolute Gasteiger partial charge is 0.433 e. The number of hydrogen-bond donors (Lipinski definition) is 1.